The van der Waals surface area contributed by atoms with Gasteiger partial charge in [-0.15, -0.1) is 0 Å². The van der Waals surface area contributed by atoms with Crippen LogP contribution in [0.5, 0.6) is 0 Å². The zero-order chi connectivity index (χ0) is 19.1. The first-order valence-corrected chi connectivity index (χ1v) is 9.24. The van der Waals surface area contributed by atoms with E-state index in [9.17, 15) is 4.79 Å². The first kappa shape index (κ1) is 20.2. The maximum absolute atomic E-state index is 12.0. The molecule has 0 saturated carbocycles. The van der Waals surface area contributed by atoms with Crippen LogP contribution in [0.15, 0.2) is 12.4 Å². The van der Waals surface area contributed by atoms with E-state index >= 15 is 0 Å². The summed E-state index contributed by atoms with van der Waals surface area (Å²) in [7, 11) is 0. The standard InChI is InChI=1S/C18H26ClN5O2/c1-5-6-9-23-18(19)15(14(4)22-23)7-8-17(25)26-11-16-20-12-21-24(16)10-13(2)3/h7-8,12-13H,5-6,9-11H2,1-4H3/b8-7+. The lowest BCUT2D eigenvalue weighted by Crippen LogP contribution is -2.12. The number of ether oxygens (including phenoxy) is 1. The van der Waals surface area contributed by atoms with Crippen LogP contribution in [0.2, 0.25) is 5.15 Å². The Bertz CT molecular complexity index is 764. The van der Waals surface area contributed by atoms with Crippen LogP contribution in [0.3, 0.4) is 0 Å². The van der Waals surface area contributed by atoms with E-state index < -0.39 is 5.97 Å². The number of halogens is 1. The molecule has 0 spiro atoms. The minimum Gasteiger partial charge on any atom is -0.454 e. The van der Waals surface area contributed by atoms with Gasteiger partial charge in [-0.2, -0.15) is 10.2 Å². The maximum atomic E-state index is 12.0. The number of aryl methyl sites for hydroxylation is 2. The van der Waals surface area contributed by atoms with Crippen molar-refractivity contribution in [1.29, 1.82) is 0 Å². The maximum Gasteiger partial charge on any atom is 0.331 e. The number of carbonyl (C=O) groups is 1. The van der Waals surface area contributed by atoms with Gasteiger partial charge in [-0.1, -0.05) is 38.8 Å². The number of nitrogens with zero attached hydrogens (tertiary/aromatic N) is 5. The average Bonchev–Trinajstić information content (AvgIpc) is 3.13. The molecule has 142 valence electrons. The van der Waals surface area contributed by atoms with Crippen molar-refractivity contribution >= 4 is 23.6 Å². The molecule has 0 aliphatic heterocycles. The minimum absolute atomic E-state index is 0.0817. The summed E-state index contributed by atoms with van der Waals surface area (Å²) in [4.78, 5) is 16.1. The van der Waals surface area contributed by atoms with E-state index in [4.69, 9.17) is 16.3 Å². The van der Waals surface area contributed by atoms with Crippen molar-refractivity contribution in [3.05, 3.63) is 34.6 Å². The molecule has 7 nitrogen and oxygen atoms in total. The molecule has 0 bridgehead atoms. The number of esters is 1. The minimum atomic E-state index is -0.458. The molecule has 0 unspecified atom stereocenters. The highest BCUT2D eigenvalue weighted by atomic mass is 35.5. The number of rotatable bonds is 9. The SMILES string of the molecule is CCCCn1nc(C)c(/C=C/C(=O)OCc2ncnn2CC(C)C)c1Cl. The third-order valence-corrected chi connectivity index (χ3v) is 4.19. The molecule has 0 atom stereocenters. The largest absolute Gasteiger partial charge is 0.454 e. The first-order valence-electron chi connectivity index (χ1n) is 8.86. The molecule has 0 fully saturated rings. The van der Waals surface area contributed by atoms with Crippen molar-refractivity contribution < 1.29 is 9.53 Å². The van der Waals surface area contributed by atoms with Crippen molar-refractivity contribution in [3.8, 4) is 0 Å². The number of hydrogen-bond acceptors (Lipinski definition) is 5. The van der Waals surface area contributed by atoms with Crippen LogP contribution in [0.1, 0.15) is 50.7 Å². The lowest BCUT2D eigenvalue weighted by molar-refractivity contribution is -0.139. The van der Waals surface area contributed by atoms with Gasteiger partial charge in [0.15, 0.2) is 12.4 Å². The Morgan fingerprint density at radius 2 is 2.15 bits per heavy atom. The third kappa shape index (κ3) is 5.42. The molecule has 2 aromatic rings. The smallest absolute Gasteiger partial charge is 0.331 e. The van der Waals surface area contributed by atoms with E-state index in [1.807, 2.05) is 6.92 Å². The number of aromatic nitrogens is 5. The predicted octanol–water partition coefficient (Wildman–Crippen LogP) is 3.65. The first-order chi connectivity index (χ1) is 12.4. The van der Waals surface area contributed by atoms with Crippen molar-refractivity contribution in [1.82, 2.24) is 24.5 Å². The second kappa shape index (κ2) is 9.52. The van der Waals surface area contributed by atoms with Crippen LogP contribution in [0.25, 0.3) is 6.08 Å². The highest BCUT2D eigenvalue weighted by Crippen LogP contribution is 2.21. The summed E-state index contributed by atoms with van der Waals surface area (Å²) >= 11 is 6.35. The fourth-order valence-electron chi connectivity index (χ4n) is 2.45. The van der Waals surface area contributed by atoms with E-state index in [-0.39, 0.29) is 6.61 Å². The molecule has 0 N–H and O–H groups in total. The molecule has 0 saturated heterocycles. The summed E-state index contributed by atoms with van der Waals surface area (Å²) in [5.74, 6) is 0.600. The predicted molar refractivity (Wildman–Crippen MR) is 101 cm³/mol. The van der Waals surface area contributed by atoms with Crippen molar-refractivity contribution in [2.24, 2.45) is 5.92 Å². The molecular formula is C18H26ClN5O2. The van der Waals surface area contributed by atoms with Crippen molar-refractivity contribution in [2.75, 3.05) is 0 Å². The number of carbonyl (C=O) groups excluding carboxylic acids is 1. The summed E-state index contributed by atoms with van der Waals surface area (Å²) in [6.07, 6.45) is 6.55. The molecule has 0 aliphatic carbocycles. The number of unbranched alkanes of at least 4 members (excludes halogenated alkanes) is 1. The van der Waals surface area contributed by atoms with E-state index in [2.05, 4.69) is 36.0 Å². The Balaban J connectivity index is 1.96. The van der Waals surface area contributed by atoms with Gasteiger partial charge >= 0.3 is 5.97 Å². The summed E-state index contributed by atoms with van der Waals surface area (Å²) in [5.41, 5.74) is 1.52. The average molecular weight is 380 g/mol. The molecule has 8 heteroatoms. The molecule has 2 heterocycles. The van der Waals surface area contributed by atoms with Crippen LogP contribution in [-0.4, -0.2) is 30.5 Å². The van der Waals surface area contributed by atoms with E-state index in [0.29, 0.717) is 16.9 Å². The van der Waals surface area contributed by atoms with E-state index in [0.717, 1.165) is 37.2 Å². The monoisotopic (exact) mass is 379 g/mol. The lowest BCUT2D eigenvalue weighted by atomic mass is 10.2. The van der Waals surface area contributed by atoms with E-state index in [1.54, 1.807) is 15.4 Å². The molecule has 2 aromatic heterocycles. The molecule has 0 amide bonds. The van der Waals surface area contributed by atoms with Crippen LogP contribution in [-0.2, 0) is 29.2 Å². The highest BCUT2D eigenvalue weighted by Gasteiger charge is 2.12. The Hall–Kier alpha value is -2.15. The van der Waals surface area contributed by atoms with Gasteiger partial charge in [0.05, 0.1) is 5.69 Å². The van der Waals surface area contributed by atoms with Gasteiger partial charge in [0.25, 0.3) is 0 Å². The second-order valence-electron chi connectivity index (χ2n) is 6.56. The van der Waals surface area contributed by atoms with Gasteiger partial charge in [-0.25, -0.2) is 14.5 Å². The van der Waals surface area contributed by atoms with Crippen LogP contribution < -0.4 is 0 Å². The molecule has 26 heavy (non-hydrogen) atoms. The lowest BCUT2D eigenvalue weighted by Gasteiger charge is -2.08. The molecule has 0 aliphatic rings. The zero-order valence-electron chi connectivity index (χ0n) is 15.8. The molecule has 0 aromatic carbocycles. The highest BCUT2D eigenvalue weighted by molar-refractivity contribution is 6.31. The van der Waals surface area contributed by atoms with Gasteiger partial charge in [-0.3, -0.25) is 4.68 Å². The van der Waals surface area contributed by atoms with Crippen molar-refractivity contribution in [3.63, 3.8) is 0 Å². The normalized spacial score (nSPS) is 11.6. The summed E-state index contributed by atoms with van der Waals surface area (Å²) < 4.78 is 8.78. The Kier molecular flexibility index (Phi) is 7.38. The van der Waals surface area contributed by atoms with Crippen LogP contribution >= 0.6 is 11.6 Å². The number of hydrogen-bond donors (Lipinski definition) is 0. The van der Waals surface area contributed by atoms with Gasteiger partial charge in [-0.05, 0) is 25.3 Å². The van der Waals surface area contributed by atoms with Gasteiger partial charge in [0.1, 0.15) is 11.5 Å². The molecule has 2 rings (SSSR count). The fraction of sp³-hybridized carbons (Fsp3) is 0.556. The van der Waals surface area contributed by atoms with E-state index in [1.165, 1.54) is 12.4 Å². The van der Waals surface area contributed by atoms with Crippen LogP contribution in [0.4, 0.5) is 0 Å². The van der Waals surface area contributed by atoms with Crippen molar-refractivity contribution in [2.45, 2.75) is 60.2 Å². The zero-order valence-corrected chi connectivity index (χ0v) is 16.5. The molecule has 0 radical (unpaired) electrons. The Labute approximate surface area is 159 Å². The van der Waals surface area contributed by atoms with Gasteiger partial charge < -0.3 is 4.74 Å². The Morgan fingerprint density at radius 1 is 1.38 bits per heavy atom. The van der Waals surface area contributed by atoms with Gasteiger partial charge in [0, 0.05) is 24.7 Å². The van der Waals surface area contributed by atoms with Gasteiger partial charge in [0.2, 0.25) is 0 Å². The fourth-order valence-corrected chi connectivity index (χ4v) is 2.77. The third-order valence-electron chi connectivity index (χ3n) is 3.80. The summed E-state index contributed by atoms with van der Waals surface area (Å²) in [5, 5.41) is 9.10. The topological polar surface area (TPSA) is 74.8 Å². The Morgan fingerprint density at radius 3 is 2.85 bits per heavy atom. The second-order valence-corrected chi connectivity index (χ2v) is 6.92. The molecular weight excluding hydrogens is 354 g/mol. The summed E-state index contributed by atoms with van der Waals surface area (Å²) in [6.45, 7) is 9.74. The summed E-state index contributed by atoms with van der Waals surface area (Å²) in [6, 6.07) is 0. The quantitative estimate of drug-likeness (QED) is 0.491. The van der Waals surface area contributed by atoms with Crippen LogP contribution in [0, 0.1) is 12.8 Å².